The van der Waals surface area contributed by atoms with Gasteiger partial charge in [-0.2, -0.15) is 0 Å². The van der Waals surface area contributed by atoms with Gasteiger partial charge in [0.1, 0.15) is 0 Å². The number of fused-ring (bicyclic) bond motifs is 1. The molecular weight excluding hydrogens is 392 g/mol. The van der Waals surface area contributed by atoms with E-state index in [1.807, 2.05) is 6.07 Å². The number of benzene rings is 1. The average Bonchev–Trinajstić information content (AvgIpc) is 3.19. The molecule has 1 aliphatic heterocycles. The molecule has 0 spiro atoms. The van der Waals surface area contributed by atoms with E-state index in [9.17, 15) is 13.2 Å². The first-order chi connectivity index (χ1) is 13.9. The van der Waals surface area contributed by atoms with E-state index in [0.29, 0.717) is 31.5 Å². The molecule has 9 heteroatoms. The maximum Gasteiger partial charge on any atom is 0.255 e. The zero-order valence-corrected chi connectivity index (χ0v) is 16.9. The number of nitrogens with zero attached hydrogens (tertiary/aromatic N) is 4. The predicted molar refractivity (Wildman–Crippen MR) is 107 cm³/mol. The van der Waals surface area contributed by atoms with Crippen LogP contribution in [-0.2, 0) is 9.84 Å². The van der Waals surface area contributed by atoms with Gasteiger partial charge < -0.3 is 9.64 Å². The van der Waals surface area contributed by atoms with Crippen molar-refractivity contribution in [3.8, 4) is 5.88 Å². The summed E-state index contributed by atoms with van der Waals surface area (Å²) in [5.74, 6) is 0.609. The van der Waals surface area contributed by atoms with E-state index in [4.69, 9.17) is 4.74 Å². The highest BCUT2D eigenvalue weighted by Crippen LogP contribution is 2.23. The molecular formula is C20H22N4O4S. The summed E-state index contributed by atoms with van der Waals surface area (Å²) < 4.78 is 31.4. The third-order valence-corrected chi connectivity index (χ3v) is 6.27. The number of sulfone groups is 1. The summed E-state index contributed by atoms with van der Waals surface area (Å²) in [5.41, 5.74) is 1.00. The van der Waals surface area contributed by atoms with Crippen molar-refractivity contribution in [2.75, 3.05) is 26.0 Å². The van der Waals surface area contributed by atoms with Gasteiger partial charge in [0.15, 0.2) is 15.5 Å². The van der Waals surface area contributed by atoms with E-state index in [0.717, 1.165) is 24.7 Å². The molecule has 0 radical (unpaired) electrons. The Balaban J connectivity index is 1.35. The Hall–Kier alpha value is -2.94. The van der Waals surface area contributed by atoms with Crippen LogP contribution >= 0.6 is 0 Å². The number of amides is 1. The summed E-state index contributed by atoms with van der Waals surface area (Å²) in [6.07, 6.45) is 6.15. The van der Waals surface area contributed by atoms with Crippen molar-refractivity contribution < 1.29 is 17.9 Å². The number of hydrogen-bond donors (Lipinski definition) is 0. The van der Waals surface area contributed by atoms with Gasteiger partial charge in [-0.05, 0) is 37.0 Å². The number of aromatic nitrogens is 3. The highest BCUT2D eigenvalue weighted by atomic mass is 32.2. The van der Waals surface area contributed by atoms with Gasteiger partial charge in [0, 0.05) is 37.8 Å². The van der Waals surface area contributed by atoms with Crippen LogP contribution in [0.3, 0.4) is 0 Å². The summed E-state index contributed by atoms with van der Waals surface area (Å²) in [4.78, 5) is 18.8. The van der Waals surface area contributed by atoms with E-state index < -0.39 is 9.84 Å². The van der Waals surface area contributed by atoms with E-state index in [2.05, 4.69) is 10.1 Å². The van der Waals surface area contributed by atoms with Gasteiger partial charge in [0.2, 0.25) is 5.88 Å². The molecule has 2 aromatic heterocycles. The summed E-state index contributed by atoms with van der Waals surface area (Å²) >= 11 is 0. The number of imidazole rings is 1. The zero-order chi connectivity index (χ0) is 20.4. The Bertz CT molecular complexity index is 1130. The molecule has 1 aliphatic rings. The number of hydrogen-bond acceptors (Lipinski definition) is 6. The Morgan fingerprint density at radius 2 is 1.93 bits per heavy atom. The Kier molecular flexibility index (Phi) is 5.23. The van der Waals surface area contributed by atoms with Gasteiger partial charge in [-0.3, -0.25) is 4.79 Å². The molecule has 8 nitrogen and oxygen atoms in total. The average molecular weight is 414 g/mol. The SMILES string of the molecule is CS(=O)(=O)c1ccccc1C(=O)N1CCC(COc2ccc3nccn3n2)CC1. The molecule has 1 aromatic carbocycles. The number of piperidine rings is 1. The number of rotatable bonds is 5. The molecule has 1 saturated heterocycles. The number of carbonyl (C=O) groups is 1. The first-order valence-electron chi connectivity index (χ1n) is 9.43. The molecule has 1 amide bonds. The third kappa shape index (κ3) is 4.24. The highest BCUT2D eigenvalue weighted by molar-refractivity contribution is 7.90. The van der Waals surface area contributed by atoms with Crippen molar-refractivity contribution in [3.63, 3.8) is 0 Å². The second-order valence-corrected chi connectivity index (χ2v) is 9.20. The lowest BCUT2D eigenvalue weighted by Gasteiger charge is -2.32. The molecule has 4 rings (SSSR count). The quantitative estimate of drug-likeness (QED) is 0.634. The molecule has 0 aliphatic carbocycles. The molecule has 0 atom stereocenters. The fraction of sp³-hybridized carbons (Fsp3) is 0.350. The second-order valence-electron chi connectivity index (χ2n) is 7.22. The molecule has 3 aromatic rings. The first-order valence-corrected chi connectivity index (χ1v) is 11.3. The Labute approximate surface area is 169 Å². The highest BCUT2D eigenvalue weighted by Gasteiger charge is 2.27. The van der Waals surface area contributed by atoms with Crippen molar-refractivity contribution >= 4 is 21.4 Å². The van der Waals surface area contributed by atoms with Crippen LogP contribution in [0.15, 0.2) is 53.7 Å². The summed E-state index contributed by atoms with van der Waals surface area (Å²) in [6.45, 7) is 1.66. The minimum atomic E-state index is -3.46. The fourth-order valence-electron chi connectivity index (χ4n) is 3.52. The van der Waals surface area contributed by atoms with Crippen molar-refractivity contribution in [3.05, 3.63) is 54.4 Å². The molecule has 0 unspecified atom stereocenters. The zero-order valence-electron chi connectivity index (χ0n) is 16.1. The largest absolute Gasteiger partial charge is 0.476 e. The molecule has 0 N–H and O–H groups in total. The Morgan fingerprint density at radius 3 is 2.69 bits per heavy atom. The van der Waals surface area contributed by atoms with Crippen LogP contribution in [0, 0.1) is 5.92 Å². The van der Waals surface area contributed by atoms with Gasteiger partial charge in [0.25, 0.3) is 5.91 Å². The normalized spacial score (nSPS) is 15.6. The molecule has 152 valence electrons. The van der Waals surface area contributed by atoms with Crippen LogP contribution in [-0.4, -0.2) is 59.8 Å². The molecule has 0 saturated carbocycles. The van der Waals surface area contributed by atoms with Crippen molar-refractivity contribution in [2.45, 2.75) is 17.7 Å². The summed E-state index contributed by atoms with van der Waals surface area (Å²) in [6, 6.07) is 10.0. The smallest absolute Gasteiger partial charge is 0.255 e. The summed E-state index contributed by atoms with van der Waals surface area (Å²) in [7, 11) is -3.46. The van der Waals surface area contributed by atoms with E-state index >= 15 is 0 Å². The maximum absolute atomic E-state index is 12.9. The van der Waals surface area contributed by atoms with Crippen LogP contribution in [0.2, 0.25) is 0 Å². The van der Waals surface area contributed by atoms with Crippen LogP contribution in [0.5, 0.6) is 5.88 Å². The van der Waals surface area contributed by atoms with Crippen molar-refractivity contribution in [2.24, 2.45) is 5.92 Å². The topological polar surface area (TPSA) is 93.9 Å². The van der Waals surface area contributed by atoms with E-state index in [1.54, 1.807) is 46.1 Å². The molecule has 29 heavy (non-hydrogen) atoms. The maximum atomic E-state index is 12.9. The Morgan fingerprint density at radius 1 is 1.17 bits per heavy atom. The van der Waals surface area contributed by atoms with Gasteiger partial charge in [-0.25, -0.2) is 17.9 Å². The van der Waals surface area contributed by atoms with Crippen LogP contribution < -0.4 is 4.74 Å². The molecule has 0 bridgehead atoms. The number of carbonyl (C=O) groups excluding carboxylic acids is 1. The van der Waals surface area contributed by atoms with Gasteiger partial charge in [-0.15, -0.1) is 5.10 Å². The summed E-state index contributed by atoms with van der Waals surface area (Å²) in [5, 5.41) is 4.35. The van der Waals surface area contributed by atoms with Crippen LogP contribution in [0.1, 0.15) is 23.2 Å². The third-order valence-electron chi connectivity index (χ3n) is 5.12. The molecule has 3 heterocycles. The predicted octanol–water partition coefficient (Wildman–Crippen LogP) is 2.06. The van der Waals surface area contributed by atoms with E-state index in [-0.39, 0.29) is 16.4 Å². The van der Waals surface area contributed by atoms with Crippen LogP contribution in [0.25, 0.3) is 5.65 Å². The van der Waals surface area contributed by atoms with Gasteiger partial charge in [0.05, 0.1) is 17.1 Å². The lowest BCUT2D eigenvalue weighted by Crippen LogP contribution is -2.40. The van der Waals surface area contributed by atoms with Gasteiger partial charge in [-0.1, -0.05) is 12.1 Å². The van der Waals surface area contributed by atoms with Crippen molar-refractivity contribution in [1.82, 2.24) is 19.5 Å². The van der Waals surface area contributed by atoms with Crippen molar-refractivity contribution in [1.29, 1.82) is 0 Å². The second kappa shape index (κ2) is 7.82. The number of likely N-dealkylation sites (tertiary alicyclic amines) is 1. The van der Waals surface area contributed by atoms with Gasteiger partial charge >= 0.3 is 0 Å². The first kappa shape index (κ1) is 19.4. The lowest BCUT2D eigenvalue weighted by atomic mass is 9.97. The number of ether oxygens (including phenoxy) is 1. The molecule has 1 fully saturated rings. The minimum absolute atomic E-state index is 0.0800. The standard InChI is InChI=1S/C20H22N4O4S/c1-29(26,27)17-5-3-2-4-16(17)20(25)23-11-8-15(9-12-23)14-28-19-7-6-18-21-10-13-24(18)22-19/h2-7,10,13,15H,8-9,11-12,14H2,1H3. The van der Waals surface area contributed by atoms with E-state index in [1.165, 1.54) is 6.07 Å². The van der Waals surface area contributed by atoms with Crippen LogP contribution in [0.4, 0.5) is 0 Å². The minimum Gasteiger partial charge on any atom is -0.476 e. The monoisotopic (exact) mass is 414 g/mol. The lowest BCUT2D eigenvalue weighted by molar-refractivity contribution is 0.0655. The fourth-order valence-corrected chi connectivity index (χ4v) is 4.40.